The highest BCUT2D eigenvalue weighted by molar-refractivity contribution is 5.87. The molecular formula is C44H70N2O7. The van der Waals surface area contributed by atoms with E-state index in [0.29, 0.717) is 25.7 Å². The Morgan fingerprint density at radius 1 is 0.604 bits per heavy atom. The molecule has 0 spiro atoms. The molecule has 0 rings (SSSR count). The summed E-state index contributed by atoms with van der Waals surface area (Å²) in [5.74, 6) is -2.60. The number of allylic oxidation sites excluding steroid dienone is 13. The van der Waals surface area contributed by atoms with Crippen molar-refractivity contribution in [1.29, 1.82) is 0 Å². The maximum Gasteiger partial charge on any atom is 0.328 e. The van der Waals surface area contributed by atoms with Gasteiger partial charge in [-0.15, -0.1) is 0 Å². The zero-order valence-electron chi connectivity index (χ0n) is 32.7. The number of carboxylic acid groups (broad SMARTS) is 1. The van der Waals surface area contributed by atoms with E-state index in [4.69, 9.17) is 14.9 Å². The Balaban J connectivity index is 4.63. The Morgan fingerprint density at radius 2 is 1.13 bits per heavy atom. The van der Waals surface area contributed by atoms with Gasteiger partial charge in [-0.3, -0.25) is 14.4 Å². The fourth-order valence-electron chi connectivity index (χ4n) is 5.03. The fourth-order valence-corrected chi connectivity index (χ4v) is 5.03. The number of rotatable bonds is 34. The fraction of sp³-hybridized carbons (Fsp3) is 0.591. The van der Waals surface area contributed by atoms with Gasteiger partial charge in [-0.25, -0.2) is 4.79 Å². The molecule has 2 atom stereocenters. The third kappa shape index (κ3) is 34.9. The van der Waals surface area contributed by atoms with Crippen LogP contribution in [0.2, 0.25) is 0 Å². The Hall–Kier alpha value is -3.98. The first-order valence-corrected chi connectivity index (χ1v) is 20.0. The Kier molecular flexibility index (Phi) is 34.9. The lowest BCUT2D eigenvalue weighted by atomic mass is 10.1. The van der Waals surface area contributed by atoms with Crippen molar-refractivity contribution in [2.75, 3.05) is 13.2 Å². The molecule has 0 radical (unpaired) electrons. The number of carbonyl (C=O) groups excluding carboxylic acids is 3. The summed E-state index contributed by atoms with van der Waals surface area (Å²) in [6.07, 6.45) is 47.5. The van der Waals surface area contributed by atoms with E-state index >= 15 is 0 Å². The number of aliphatic hydroxyl groups is 1. The van der Waals surface area contributed by atoms with Crippen LogP contribution in [0.15, 0.2) is 85.1 Å². The van der Waals surface area contributed by atoms with Crippen molar-refractivity contribution in [3.8, 4) is 0 Å². The number of esters is 1. The molecule has 0 heterocycles. The smallest absolute Gasteiger partial charge is 0.328 e. The number of hydrogen-bond acceptors (Lipinski definition) is 6. The summed E-state index contributed by atoms with van der Waals surface area (Å²) in [5.41, 5.74) is 0. The Morgan fingerprint density at radius 3 is 1.72 bits per heavy atom. The molecule has 0 aromatic carbocycles. The van der Waals surface area contributed by atoms with E-state index in [1.807, 2.05) is 12.2 Å². The van der Waals surface area contributed by atoms with E-state index in [1.165, 1.54) is 19.3 Å². The van der Waals surface area contributed by atoms with Gasteiger partial charge in [-0.05, 0) is 89.5 Å². The van der Waals surface area contributed by atoms with Crippen LogP contribution in [-0.4, -0.2) is 59.3 Å². The molecule has 53 heavy (non-hydrogen) atoms. The van der Waals surface area contributed by atoms with Gasteiger partial charge in [-0.1, -0.05) is 125 Å². The average molecular weight is 739 g/mol. The molecular weight excluding hydrogens is 668 g/mol. The van der Waals surface area contributed by atoms with E-state index in [0.717, 1.165) is 77.0 Å². The molecule has 0 aromatic rings. The van der Waals surface area contributed by atoms with Crippen LogP contribution in [-0.2, 0) is 23.9 Å². The number of hydrogen-bond donors (Lipinski definition) is 4. The molecule has 0 aliphatic carbocycles. The monoisotopic (exact) mass is 739 g/mol. The highest BCUT2D eigenvalue weighted by Gasteiger charge is 2.19. The number of amides is 2. The number of unbranched alkanes of at least 4 members (excludes halogenated alkanes) is 8. The zero-order valence-corrected chi connectivity index (χ0v) is 32.7. The number of nitrogens with one attached hydrogen (secondary N) is 2. The number of aliphatic carboxylic acids is 1. The minimum Gasteiger partial charge on any atom is -0.480 e. The second kappa shape index (κ2) is 37.8. The third-order valence-electron chi connectivity index (χ3n) is 8.11. The van der Waals surface area contributed by atoms with Gasteiger partial charge in [0.15, 0.2) is 0 Å². The maximum atomic E-state index is 12.7. The van der Waals surface area contributed by atoms with Crippen LogP contribution >= 0.6 is 0 Å². The van der Waals surface area contributed by atoms with Crippen LogP contribution in [0, 0.1) is 0 Å². The standard InChI is InChI=1S/C44H70N2O7/c1-3-5-7-9-11-13-15-17-19-21-23-25-27-29-33-39(34-31-32-35-41(48)45-37-42(49)46-40(38-47)44(51)52)53-43(50)36-30-28-26-24-22-20-18-16-14-12-10-8-6-4-2/h5,7,10-13,16-19,23,25,29,33,39-40,47H,3-4,6,8-9,14-15,20-22,24,26-28,30-32,34-38H2,1-2H3,(H,45,48)(H,46,49)(H,51,52)/b7-5-,12-10-,13-11-,18-16-,19-17-,25-23-,33-29-. The van der Waals surface area contributed by atoms with Crippen LogP contribution < -0.4 is 10.6 Å². The summed E-state index contributed by atoms with van der Waals surface area (Å²) in [4.78, 5) is 47.7. The molecule has 0 bridgehead atoms. The maximum absolute atomic E-state index is 12.7. The number of ether oxygens (including phenoxy) is 1. The van der Waals surface area contributed by atoms with Crippen molar-refractivity contribution >= 4 is 23.8 Å². The average Bonchev–Trinajstić information content (AvgIpc) is 3.14. The van der Waals surface area contributed by atoms with Gasteiger partial charge in [0.2, 0.25) is 11.8 Å². The van der Waals surface area contributed by atoms with Crippen molar-refractivity contribution in [3.05, 3.63) is 85.1 Å². The summed E-state index contributed by atoms with van der Waals surface area (Å²) < 4.78 is 5.82. The van der Waals surface area contributed by atoms with Gasteiger partial charge < -0.3 is 25.6 Å². The van der Waals surface area contributed by atoms with E-state index < -0.39 is 24.5 Å². The summed E-state index contributed by atoms with van der Waals surface area (Å²) in [5, 5.41) is 22.6. The van der Waals surface area contributed by atoms with Gasteiger partial charge in [0, 0.05) is 12.8 Å². The summed E-state index contributed by atoms with van der Waals surface area (Å²) >= 11 is 0. The lowest BCUT2D eigenvalue weighted by Gasteiger charge is -2.15. The third-order valence-corrected chi connectivity index (χ3v) is 8.11. The minimum absolute atomic E-state index is 0.174. The highest BCUT2D eigenvalue weighted by atomic mass is 16.5. The molecule has 0 aromatic heterocycles. The van der Waals surface area contributed by atoms with E-state index in [9.17, 15) is 19.2 Å². The lowest BCUT2D eigenvalue weighted by molar-refractivity contribution is -0.147. The molecule has 0 fully saturated rings. The number of carbonyl (C=O) groups is 4. The molecule has 0 saturated heterocycles. The van der Waals surface area contributed by atoms with Crippen LogP contribution in [0.5, 0.6) is 0 Å². The van der Waals surface area contributed by atoms with Crippen LogP contribution in [0.3, 0.4) is 0 Å². The van der Waals surface area contributed by atoms with E-state index in [2.05, 4.69) is 97.4 Å². The second-order valence-electron chi connectivity index (χ2n) is 13.0. The molecule has 9 nitrogen and oxygen atoms in total. The predicted octanol–water partition coefficient (Wildman–Crippen LogP) is 9.31. The zero-order chi connectivity index (χ0) is 39.0. The normalized spacial score (nSPS) is 13.4. The quantitative estimate of drug-likeness (QED) is 0.0293. The van der Waals surface area contributed by atoms with Crippen molar-refractivity contribution in [2.45, 2.75) is 154 Å². The minimum atomic E-state index is -1.42. The van der Waals surface area contributed by atoms with E-state index in [-0.39, 0.29) is 30.9 Å². The summed E-state index contributed by atoms with van der Waals surface area (Å²) in [7, 11) is 0. The highest BCUT2D eigenvalue weighted by Crippen LogP contribution is 2.13. The summed E-state index contributed by atoms with van der Waals surface area (Å²) in [6.45, 7) is 3.22. The topological polar surface area (TPSA) is 142 Å². The van der Waals surface area contributed by atoms with Crippen molar-refractivity contribution in [1.82, 2.24) is 10.6 Å². The lowest BCUT2D eigenvalue weighted by Crippen LogP contribution is -2.47. The van der Waals surface area contributed by atoms with Crippen molar-refractivity contribution in [3.63, 3.8) is 0 Å². The first-order chi connectivity index (χ1) is 25.8. The number of aliphatic hydroxyl groups excluding tert-OH is 1. The largest absolute Gasteiger partial charge is 0.480 e. The SMILES string of the molecule is CC/C=C\C/C=C\C/C=C\C/C=C\C/C=C\C(CCCCC(=O)NCC(=O)NC(CO)C(=O)O)OC(=O)CCCCCCC/C=C\C/C=C\CCCC. The molecule has 4 N–H and O–H groups in total. The molecule has 0 aliphatic rings. The van der Waals surface area contributed by atoms with Gasteiger partial charge in [0.1, 0.15) is 12.1 Å². The van der Waals surface area contributed by atoms with Crippen LogP contribution in [0.1, 0.15) is 142 Å². The Bertz CT molecular complexity index is 1170. The van der Waals surface area contributed by atoms with Crippen LogP contribution in [0.25, 0.3) is 0 Å². The molecule has 0 saturated carbocycles. The van der Waals surface area contributed by atoms with E-state index in [1.54, 1.807) is 0 Å². The number of carboxylic acids is 1. The molecule has 0 aliphatic heterocycles. The molecule has 2 unspecified atom stereocenters. The van der Waals surface area contributed by atoms with Gasteiger partial charge >= 0.3 is 11.9 Å². The first kappa shape index (κ1) is 49.0. The van der Waals surface area contributed by atoms with Gasteiger partial charge in [0.25, 0.3) is 0 Å². The Labute approximate surface area is 320 Å². The molecule has 298 valence electrons. The van der Waals surface area contributed by atoms with Gasteiger partial charge in [0.05, 0.1) is 13.2 Å². The predicted molar refractivity (Wildman–Crippen MR) is 217 cm³/mol. The molecule has 9 heteroatoms. The van der Waals surface area contributed by atoms with Gasteiger partial charge in [-0.2, -0.15) is 0 Å². The first-order valence-electron chi connectivity index (χ1n) is 20.0. The van der Waals surface area contributed by atoms with Crippen LogP contribution in [0.4, 0.5) is 0 Å². The van der Waals surface area contributed by atoms with Crippen molar-refractivity contribution in [2.24, 2.45) is 0 Å². The molecule has 2 amide bonds. The van der Waals surface area contributed by atoms with Crippen molar-refractivity contribution < 1.29 is 34.1 Å². The summed E-state index contributed by atoms with van der Waals surface area (Å²) in [6, 6.07) is -1.42. The second-order valence-corrected chi connectivity index (χ2v) is 13.0.